The van der Waals surface area contributed by atoms with Gasteiger partial charge in [0.2, 0.25) is 0 Å². The molecule has 2 aromatic carbocycles. The predicted molar refractivity (Wildman–Crippen MR) is 119 cm³/mol. The van der Waals surface area contributed by atoms with Crippen LogP contribution in [0.1, 0.15) is 37.7 Å². The molecule has 8 heteroatoms. The van der Waals surface area contributed by atoms with Crippen LogP contribution in [-0.2, 0) is 9.59 Å². The maximum atomic E-state index is 13.5. The fraction of sp³-hybridized carbons (Fsp3) is 0.250. The molecule has 32 heavy (non-hydrogen) atoms. The van der Waals surface area contributed by atoms with Gasteiger partial charge in [0.05, 0.1) is 17.7 Å². The normalized spacial score (nSPS) is 18.1. The van der Waals surface area contributed by atoms with Gasteiger partial charge in [-0.1, -0.05) is 24.3 Å². The van der Waals surface area contributed by atoms with Crippen LogP contribution in [0.4, 0.5) is 11.4 Å². The number of nitro benzene ring substituents is 1. The number of hydrogen-bond acceptors (Lipinski definition) is 6. The molecule has 2 aromatic rings. The molecule has 1 atom stereocenters. The number of benzene rings is 2. The SMILES string of the molecule is COc1ccccc1NC(=O)C1=C(C)NC2=C(C(=O)CCC2)[C@H]1c1ccc([N+](=O)[O-])cc1. The summed E-state index contributed by atoms with van der Waals surface area (Å²) in [5, 5.41) is 17.3. The summed E-state index contributed by atoms with van der Waals surface area (Å²) >= 11 is 0. The highest BCUT2D eigenvalue weighted by Crippen LogP contribution is 2.43. The zero-order valence-corrected chi connectivity index (χ0v) is 17.8. The first kappa shape index (κ1) is 21.3. The summed E-state index contributed by atoms with van der Waals surface area (Å²) in [6.45, 7) is 1.80. The monoisotopic (exact) mass is 433 g/mol. The molecule has 0 radical (unpaired) electrons. The van der Waals surface area contributed by atoms with E-state index in [1.807, 2.05) is 0 Å². The third-order valence-corrected chi connectivity index (χ3v) is 5.81. The second-order valence-electron chi connectivity index (χ2n) is 7.77. The Hall–Kier alpha value is -3.94. The van der Waals surface area contributed by atoms with Crippen LogP contribution in [0.5, 0.6) is 5.75 Å². The third-order valence-electron chi connectivity index (χ3n) is 5.81. The van der Waals surface area contributed by atoms with E-state index >= 15 is 0 Å². The summed E-state index contributed by atoms with van der Waals surface area (Å²) in [5.74, 6) is -0.483. The van der Waals surface area contributed by atoms with Gasteiger partial charge in [-0.05, 0) is 37.5 Å². The third kappa shape index (κ3) is 3.87. The Morgan fingerprint density at radius 1 is 1.16 bits per heavy atom. The average molecular weight is 433 g/mol. The summed E-state index contributed by atoms with van der Waals surface area (Å²) in [6.07, 6.45) is 1.86. The maximum Gasteiger partial charge on any atom is 0.269 e. The molecule has 164 valence electrons. The Morgan fingerprint density at radius 3 is 2.56 bits per heavy atom. The van der Waals surface area contributed by atoms with E-state index in [0.29, 0.717) is 46.7 Å². The first-order valence-electron chi connectivity index (χ1n) is 10.3. The average Bonchev–Trinajstić information content (AvgIpc) is 2.78. The van der Waals surface area contributed by atoms with Crippen LogP contribution >= 0.6 is 0 Å². The number of rotatable bonds is 5. The number of nitrogens with zero attached hydrogens (tertiary/aromatic N) is 1. The van der Waals surface area contributed by atoms with Gasteiger partial charge in [-0.3, -0.25) is 19.7 Å². The molecule has 8 nitrogen and oxygen atoms in total. The molecule has 0 bridgehead atoms. The van der Waals surface area contributed by atoms with Gasteiger partial charge >= 0.3 is 0 Å². The highest BCUT2D eigenvalue weighted by Gasteiger charge is 2.38. The quantitative estimate of drug-likeness (QED) is 0.540. The van der Waals surface area contributed by atoms with E-state index in [1.165, 1.54) is 19.2 Å². The van der Waals surface area contributed by atoms with Gasteiger partial charge in [-0.25, -0.2) is 0 Å². The molecule has 1 heterocycles. The lowest BCUT2D eigenvalue weighted by Crippen LogP contribution is -2.35. The predicted octanol–water partition coefficient (Wildman–Crippen LogP) is 4.21. The fourth-order valence-electron chi connectivity index (χ4n) is 4.34. The molecule has 0 fully saturated rings. The Bertz CT molecular complexity index is 1160. The van der Waals surface area contributed by atoms with E-state index in [4.69, 9.17) is 4.74 Å². The van der Waals surface area contributed by atoms with E-state index in [1.54, 1.807) is 43.3 Å². The topological polar surface area (TPSA) is 111 Å². The van der Waals surface area contributed by atoms with Crippen molar-refractivity contribution in [1.29, 1.82) is 0 Å². The molecule has 0 unspecified atom stereocenters. The molecule has 1 aliphatic carbocycles. The highest BCUT2D eigenvalue weighted by atomic mass is 16.6. The molecule has 4 rings (SSSR count). The summed E-state index contributed by atoms with van der Waals surface area (Å²) in [4.78, 5) is 37.1. The number of carbonyl (C=O) groups excluding carboxylic acids is 2. The van der Waals surface area contributed by atoms with Gasteiger partial charge in [-0.15, -0.1) is 0 Å². The number of nitro groups is 1. The molecule has 0 aromatic heterocycles. The molecular formula is C24H23N3O5. The fourth-order valence-corrected chi connectivity index (χ4v) is 4.34. The van der Waals surface area contributed by atoms with Gasteiger partial charge in [0, 0.05) is 47.0 Å². The van der Waals surface area contributed by atoms with Crippen molar-refractivity contribution in [1.82, 2.24) is 5.32 Å². The number of amides is 1. The lowest BCUT2D eigenvalue weighted by atomic mass is 9.75. The van der Waals surface area contributed by atoms with Crippen LogP contribution in [0.25, 0.3) is 0 Å². The lowest BCUT2D eigenvalue weighted by molar-refractivity contribution is -0.384. The molecule has 0 saturated carbocycles. The number of para-hydroxylation sites is 2. The molecule has 1 amide bonds. The van der Waals surface area contributed by atoms with Crippen molar-refractivity contribution >= 4 is 23.1 Å². The van der Waals surface area contributed by atoms with Crippen molar-refractivity contribution < 1.29 is 19.2 Å². The number of methoxy groups -OCH3 is 1. The van der Waals surface area contributed by atoms with Crippen LogP contribution in [0.2, 0.25) is 0 Å². The van der Waals surface area contributed by atoms with Gasteiger partial charge in [0.1, 0.15) is 5.75 Å². The van der Waals surface area contributed by atoms with Crippen LogP contribution < -0.4 is 15.4 Å². The van der Waals surface area contributed by atoms with E-state index < -0.39 is 10.8 Å². The van der Waals surface area contributed by atoms with Crippen LogP contribution in [-0.4, -0.2) is 23.7 Å². The molecule has 2 aliphatic rings. The maximum absolute atomic E-state index is 13.5. The summed E-state index contributed by atoms with van der Waals surface area (Å²) in [7, 11) is 1.52. The minimum absolute atomic E-state index is 0.0165. The number of non-ortho nitro benzene ring substituents is 1. The number of Topliss-reactive ketones (excluding diaryl/α,β-unsaturated/α-hetero) is 1. The zero-order chi connectivity index (χ0) is 22.8. The Labute approximate surface area is 185 Å². The summed E-state index contributed by atoms with van der Waals surface area (Å²) < 4.78 is 5.34. The Balaban J connectivity index is 1.79. The number of dihydropyridines is 1. The highest BCUT2D eigenvalue weighted by molar-refractivity contribution is 6.10. The second-order valence-corrected chi connectivity index (χ2v) is 7.77. The number of carbonyl (C=O) groups is 2. The van der Waals surface area contributed by atoms with Crippen molar-refractivity contribution in [2.75, 3.05) is 12.4 Å². The summed E-state index contributed by atoms with van der Waals surface area (Å²) in [6, 6.07) is 13.1. The number of hydrogen-bond donors (Lipinski definition) is 2. The molecule has 2 N–H and O–H groups in total. The van der Waals surface area contributed by atoms with Gasteiger partial charge in [0.15, 0.2) is 5.78 Å². The van der Waals surface area contributed by atoms with Crippen molar-refractivity contribution in [3.05, 3.63) is 86.7 Å². The van der Waals surface area contributed by atoms with Crippen molar-refractivity contribution in [3.8, 4) is 5.75 Å². The van der Waals surface area contributed by atoms with Crippen molar-refractivity contribution in [3.63, 3.8) is 0 Å². The van der Waals surface area contributed by atoms with E-state index in [2.05, 4.69) is 10.6 Å². The number of nitrogens with one attached hydrogen (secondary N) is 2. The first-order chi connectivity index (χ1) is 15.4. The second kappa shape index (κ2) is 8.66. The standard InChI is InChI=1S/C24H23N3O5/c1-14-21(24(29)26-17-6-3-4-9-20(17)32-2)22(15-10-12-16(13-11-15)27(30)31)23-18(25-14)7-5-8-19(23)28/h3-4,6,9-13,22,25H,5,7-8H2,1-2H3,(H,26,29)/t22-/m0/s1. The minimum atomic E-state index is -0.616. The molecule has 0 saturated heterocycles. The Morgan fingerprint density at radius 2 is 1.88 bits per heavy atom. The Kier molecular flexibility index (Phi) is 5.77. The minimum Gasteiger partial charge on any atom is -0.495 e. The van der Waals surface area contributed by atoms with Crippen LogP contribution in [0.15, 0.2) is 71.1 Å². The summed E-state index contributed by atoms with van der Waals surface area (Å²) in [5.41, 5.74) is 3.54. The van der Waals surface area contributed by atoms with E-state index in [0.717, 1.165) is 12.1 Å². The smallest absolute Gasteiger partial charge is 0.269 e. The number of ether oxygens (including phenoxy) is 1. The van der Waals surface area contributed by atoms with Crippen molar-refractivity contribution in [2.24, 2.45) is 0 Å². The van der Waals surface area contributed by atoms with Crippen LogP contribution in [0.3, 0.4) is 0 Å². The molecule has 0 spiro atoms. The van der Waals surface area contributed by atoms with E-state index in [-0.39, 0.29) is 17.4 Å². The number of anilines is 1. The number of ketones is 1. The van der Waals surface area contributed by atoms with Crippen LogP contribution in [0, 0.1) is 10.1 Å². The number of allylic oxidation sites excluding steroid dienone is 3. The van der Waals surface area contributed by atoms with Gasteiger partial charge < -0.3 is 15.4 Å². The van der Waals surface area contributed by atoms with E-state index in [9.17, 15) is 19.7 Å². The zero-order valence-electron chi connectivity index (χ0n) is 17.8. The van der Waals surface area contributed by atoms with Gasteiger partial charge in [-0.2, -0.15) is 0 Å². The largest absolute Gasteiger partial charge is 0.495 e. The lowest BCUT2D eigenvalue weighted by Gasteiger charge is -2.34. The van der Waals surface area contributed by atoms with Gasteiger partial charge in [0.25, 0.3) is 11.6 Å². The molecule has 1 aliphatic heterocycles. The van der Waals surface area contributed by atoms with Crippen molar-refractivity contribution in [2.45, 2.75) is 32.1 Å². The molecular weight excluding hydrogens is 410 g/mol. The first-order valence-corrected chi connectivity index (χ1v) is 10.3.